The molecule has 0 heterocycles. The van der Waals surface area contributed by atoms with E-state index >= 15 is 0 Å². The number of aliphatic imine (C=N–C) groups is 1. The summed E-state index contributed by atoms with van der Waals surface area (Å²) >= 11 is 1.09. The summed E-state index contributed by atoms with van der Waals surface area (Å²) in [6.07, 6.45) is 0.870. The van der Waals surface area contributed by atoms with E-state index in [9.17, 15) is 9.59 Å². The van der Waals surface area contributed by atoms with Crippen molar-refractivity contribution in [3.05, 3.63) is 95.3 Å². The number of carbonyl (C=O) groups excluding carboxylic acids is 2. The lowest BCUT2D eigenvalue weighted by atomic mass is 9.96. The summed E-state index contributed by atoms with van der Waals surface area (Å²) in [4.78, 5) is 33.4. The normalized spacial score (nSPS) is 11.4. The quantitative estimate of drug-likeness (QED) is 0.234. The summed E-state index contributed by atoms with van der Waals surface area (Å²) in [5.41, 5.74) is 1.80. The fourth-order valence-corrected chi connectivity index (χ4v) is 3.66. The molecule has 2 amide bonds. The van der Waals surface area contributed by atoms with Gasteiger partial charge in [0.1, 0.15) is 18.0 Å². The Hall–Kier alpha value is -4.09. The summed E-state index contributed by atoms with van der Waals surface area (Å²) in [6, 6.07) is 22.0. The summed E-state index contributed by atoms with van der Waals surface area (Å²) in [7, 11) is 0. The van der Waals surface area contributed by atoms with Gasteiger partial charge in [0, 0.05) is 5.56 Å². The summed E-state index contributed by atoms with van der Waals surface area (Å²) in [6.45, 7) is 13.1. The van der Waals surface area contributed by atoms with Crippen LogP contribution < -0.4 is 10.1 Å². The van der Waals surface area contributed by atoms with Crippen LogP contribution >= 0.6 is 11.8 Å². The van der Waals surface area contributed by atoms with Crippen LogP contribution in [0.3, 0.4) is 0 Å². The van der Waals surface area contributed by atoms with E-state index in [-0.39, 0.29) is 17.3 Å². The molecule has 0 aromatic heterocycles. The Bertz CT molecular complexity index is 1290. The van der Waals surface area contributed by atoms with Gasteiger partial charge < -0.3 is 14.8 Å². The highest BCUT2D eigenvalue weighted by Gasteiger charge is 2.24. The fourth-order valence-electron chi connectivity index (χ4n) is 3.30. The summed E-state index contributed by atoms with van der Waals surface area (Å²) in [5, 5.41) is 2.76. The molecule has 36 heavy (non-hydrogen) atoms. The van der Waals surface area contributed by atoms with Crippen molar-refractivity contribution in [1.82, 2.24) is 5.32 Å². The minimum atomic E-state index is -0.814. The Morgan fingerprint density at radius 1 is 1.00 bits per heavy atom. The second kappa shape index (κ2) is 12.0. The molecule has 0 unspecified atom stereocenters. The molecule has 0 bridgehead atoms. The van der Waals surface area contributed by atoms with Crippen LogP contribution in [0.5, 0.6) is 5.75 Å². The topological polar surface area (TPSA) is 81.4 Å². The van der Waals surface area contributed by atoms with E-state index in [1.807, 2.05) is 60.7 Å². The van der Waals surface area contributed by atoms with Gasteiger partial charge in [-0.15, -0.1) is 0 Å². The Morgan fingerprint density at radius 3 is 2.22 bits per heavy atom. The van der Waals surface area contributed by atoms with Crippen molar-refractivity contribution in [2.45, 2.75) is 33.0 Å². The number of benzene rings is 3. The monoisotopic (exact) mass is 501 g/mol. The fraction of sp³-hybridized carbons (Fsp3) is 0.214. The molecule has 184 valence electrons. The highest BCUT2D eigenvalue weighted by atomic mass is 32.2. The van der Waals surface area contributed by atoms with Gasteiger partial charge in [0.05, 0.1) is 12.1 Å². The molecule has 0 saturated carbocycles. The maximum absolute atomic E-state index is 13.6. The third kappa shape index (κ3) is 7.20. The average molecular weight is 502 g/mol. The zero-order chi connectivity index (χ0) is 26.1. The lowest BCUT2D eigenvalue weighted by Crippen LogP contribution is -2.31. The molecule has 0 saturated heterocycles. The average Bonchev–Trinajstić information content (AvgIpc) is 2.86. The van der Waals surface area contributed by atoms with E-state index < -0.39 is 17.6 Å². The first-order chi connectivity index (χ1) is 17.2. The number of nitrogens with zero attached hydrogens (tertiary/aromatic N) is 2. The molecule has 0 aliphatic rings. The van der Waals surface area contributed by atoms with E-state index in [0.29, 0.717) is 22.6 Å². The van der Waals surface area contributed by atoms with Crippen molar-refractivity contribution in [3.63, 3.8) is 0 Å². The largest absolute Gasteiger partial charge is 0.488 e. The van der Waals surface area contributed by atoms with Crippen molar-refractivity contribution in [3.8, 4) is 16.9 Å². The predicted octanol–water partition coefficient (Wildman–Crippen LogP) is 6.87. The molecular formula is C28H27N3O4S. The minimum Gasteiger partial charge on any atom is -0.488 e. The molecule has 0 fully saturated rings. The Labute approximate surface area is 215 Å². The van der Waals surface area contributed by atoms with Crippen LogP contribution in [-0.4, -0.2) is 29.0 Å². The molecule has 0 aliphatic carbocycles. The van der Waals surface area contributed by atoms with E-state index in [0.717, 1.165) is 17.3 Å². The Balaban J connectivity index is 2.05. The van der Waals surface area contributed by atoms with Gasteiger partial charge in [0.25, 0.3) is 5.91 Å². The number of nitrogens with one attached hydrogen (secondary N) is 1. The van der Waals surface area contributed by atoms with Crippen molar-refractivity contribution in [2.24, 2.45) is 4.99 Å². The standard InChI is InChI=1S/C28H27N3O4S/c1-28(2,3)35-27(33)31-26(36-5)30-25(32)24-22(34-18-19-12-8-6-9-13-19)17-16-21(29-4)23(24)20-14-10-7-11-15-20/h6-17H,18H2,1-3,5H3,(H,30,31,32,33). The number of ether oxygens (including phenoxy) is 2. The number of amides is 2. The number of hydrogen-bond acceptors (Lipinski definition) is 5. The molecule has 1 N–H and O–H groups in total. The van der Waals surface area contributed by atoms with E-state index in [1.165, 1.54) is 0 Å². The molecule has 3 rings (SSSR count). The van der Waals surface area contributed by atoms with Crippen molar-refractivity contribution in [2.75, 3.05) is 6.26 Å². The smallest absolute Gasteiger partial charge is 0.436 e. The van der Waals surface area contributed by atoms with Gasteiger partial charge in [-0.2, -0.15) is 4.99 Å². The summed E-state index contributed by atoms with van der Waals surface area (Å²) < 4.78 is 11.3. The molecule has 7 nitrogen and oxygen atoms in total. The first kappa shape index (κ1) is 26.5. The SMILES string of the molecule is [C-]#[N+]c1ccc(OCc2ccccc2)c(C(=O)NC(=NC(=O)OC(C)(C)C)SC)c1-c1ccccc1. The van der Waals surface area contributed by atoms with Crippen LogP contribution in [0, 0.1) is 6.57 Å². The maximum Gasteiger partial charge on any atom is 0.436 e. The highest BCUT2D eigenvalue weighted by Crippen LogP contribution is 2.39. The van der Waals surface area contributed by atoms with Crippen molar-refractivity contribution in [1.29, 1.82) is 0 Å². The van der Waals surface area contributed by atoms with Gasteiger partial charge in [-0.3, -0.25) is 4.79 Å². The number of hydrogen-bond donors (Lipinski definition) is 1. The molecule has 0 spiro atoms. The van der Waals surface area contributed by atoms with Gasteiger partial charge in [-0.25, -0.2) is 9.64 Å². The lowest BCUT2D eigenvalue weighted by Gasteiger charge is -2.19. The predicted molar refractivity (Wildman–Crippen MR) is 144 cm³/mol. The number of carbonyl (C=O) groups is 2. The summed E-state index contributed by atoms with van der Waals surface area (Å²) in [5.74, 6) is -0.251. The first-order valence-electron chi connectivity index (χ1n) is 11.2. The van der Waals surface area contributed by atoms with Crippen LogP contribution in [0.15, 0.2) is 77.8 Å². The van der Waals surface area contributed by atoms with E-state index in [4.69, 9.17) is 16.0 Å². The number of rotatable bonds is 5. The third-order valence-corrected chi connectivity index (χ3v) is 5.37. The molecule has 0 atom stereocenters. The lowest BCUT2D eigenvalue weighted by molar-refractivity contribution is 0.0604. The van der Waals surface area contributed by atoms with Crippen molar-refractivity contribution >= 4 is 34.6 Å². The molecule has 0 radical (unpaired) electrons. The van der Waals surface area contributed by atoms with Gasteiger partial charge in [0.15, 0.2) is 10.9 Å². The van der Waals surface area contributed by atoms with Gasteiger partial charge in [-0.05, 0) is 44.2 Å². The van der Waals surface area contributed by atoms with Crippen LogP contribution in [0.2, 0.25) is 0 Å². The maximum atomic E-state index is 13.6. The number of amidine groups is 1. The van der Waals surface area contributed by atoms with Gasteiger partial charge in [-0.1, -0.05) is 78.5 Å². The second-order valence-corrected chi connectivity index (χ2v) is 9.44. The molecule has 0 aliphatic heterocycles. The van der Waals surface area contributed by atoms with Crippen LogP contribution in [0.25, 0.3) is 16.0 Å². The van der Waals surface area contributed by atoms with Crippen LogP contribution in [0.4, 0.5) is 10.5 Å². The minimum absolute atomic E-state index is 0.0653. The third-order valence-electron chi connectivity index (χ3n) is 4.79. The molecule has 8 heteroatoms. The number of thioether (sulfide) groups is 1. The molecule has 3 aromatic rings. The highest BCUT2D eigenvalue weighted by molar-refractivity contribution is 8.13. The van der Waals surface area contributed by atoms with Crippen LogP contribution in [-0.2, 0) is 11.3 Å². The van der Waals surface area contributed by atoms with Crippen molar-refractivity contribution < 1.29 is 19.1 Å². The Kier molecular flexibility index (Phi) is 8.87. The first-order valence-corrected chi connectivity index (χ1v) is 12.4. The van der Waals surface area contributed by atoms with Crippen LogP contribution in [0.1, 0.15) is 36.7 Å². The molecule has 3 aromatic carbocycles. The zero-order valence-electron chi connectivity index (χ0n) is 20.6. The van der Waals surface area contributed by atoms with E-state index in [2.05, 4.69) is 15.2 Å². The van der Waals surface area contributed by atoms with Gasteiger partial charge in [0.2, 0.25) is 0 Å². The zero-order valence-corrected chi connectivity index (χ0v) is 21.4. The van der Waals surface area contributed by atoms with Gasteiger partial charge >= 0.3 is 6.09 Å². The molecular weight excluding hydrogens is 474 g/mol. The second-order valence-electron chi connectivity index (χ2n) is 8.64. The Morgan fingerprint density at radius 2 is 1.64 bits per heavy atom. The van der Waals surface area contributed by atoms with E-state index in [1.54, 1.807) is 39.2 Å².